The Balaban J connectivity index is 3.53. The number of rotatable bonds is 63. The molecule has 0 aliphatic carbocycles. The zero-order valence-electron chi connectivity index (χ0n) is 53.7. The minimum Gasteiger partial charge on any atom is -0.462 e. The normalized spacial score (nSPS) is 13.1. The Morgan fingerprint density at radius 1 is 0.293 bits per heavy atom. The van der Waals surface area contributed by atoms with Crippen molar-refractivity contribution in [3.63, 3.8) is 0 Å². The maximum atomic E-state index is 12.4. The molecule has 0 rings (SSSR count). The van der Waals surface area contributed by atoms with Gasteiger partial charge in [-0.25, -0.2) is 0 Å². The number of aliphatic hydroxyl groups excluding tert-OH is 1. The molecule has 5 nitrogen and oxygen atoms in total. The molecule has 0 saturated carbocycles. The number of hydrogen-bond acceptors (Lipinski definition) is 5. The summed E-state index contributed by atoms with van der Waals surface area (Å²) in [6.07, 6.45) is 106. The quantitative estimate of drug-likeness (QED) is 0.0373. The van der Waals surface area contributed by atoms with Gasteiger partial charge in [0.2, 0.25) is 0 Å². The van der Waals surface area contributed by atoms with Crippen molar-refractivity contribution in [1.82, 2.24) is 0 Å². The topological polar surface area (TPSA) is 72.8 Å². The first-order chi connectivity index (χ1) is 40.6. The third-order valence-electron chi connectivity index (χ3n) is 14.9. The largest absolute Gasteiger partial charge is 0.462 e. The van der Waals surface area contributed by atoms with E-state index < -0.39 is 6.10 Å². The van der Waals surface area contributed by atoms with Crippen molar-refractivity contribution in [2.24, 2.45) is 0 Å². The molecule has 82 heavy (non-hydrogen) atoms. The standard InChI is InChI=1S/C77H130O5/c1-3-5-7-9-11-13-15-17-19-21-23-25-27-29-31-32-33-34-35-36-37-38-39-40-41-42-43-44-46-48-50-52-54-56-58-60-62-64-66-68-70-72-77(80)82-75(73-78)74-81-76(79)71-69-67-65-63-61-59-57-55-53-51-49-47-45-30-28-26-24-22-20-18-16-14-12-10-8-6-4-2/h5,7,11,13,17,19,22-25,29,31,33-34,36-37,39-40,42-43,46,48,75,78H,3-4,6,8-10,12,14-16,18,20-21,26-28,30,32,35,38,41,44-45,47,49-74H2,1-2H3/b7-5-,13-11-,19-17-,24-22-,25-23-,31-29-,34-33-,37-36-,40-39-,43-42-,48-46-. The maximum Gasteiger partial charge on any atom is 0.306 e. The molecule has 0 aliphatic heterocycles. The zero-order chi connectivity index (χ0) is 59.1. The molecule has 0 bridgehead atoms. The molecule has 0 radical (unpaired) electrons. The number of esters is 2. The van der Waals surface area contributed by atoms with E-state index in [9.17, 15) is 14.7 Å². The lowest BCUT2D eigenvalue weighted by Gasteiger charge is -2.15. The van der Waals surface area contributed by atoms with Crippen LogP contribution in [0.4, 0.5) is 0 Å². The van der Waals surface area contributed by atoms with Crippen LogP contribution in [0.15, 0.2) is 134 Å². The highest BCUT2D eigenvalue weighted by atomic mass is 16.6. The summed E-state index contributed by atoms with van der Waals surface area (Å²) in [6.45, 7) is 4.05. The summed E-state index contributed by atoms with van der Waals surface area (Å²) in [5.74, 6) is -0.590. The first-order valence-electron chi connectivity index (χ1n) is 34.7. The SMILES string of the molecule is CC/C=C\C/C=C\C/C=C\C/C=C\C/C=C\C/C=C\C/C=C\C/C=C\C/C=C\C/C=C\CCCCCCCCCCCCC(=O)OC(CO)COC(=O)CCCCCCCCCCCCCCCCC/C=C\CCCCCCCCCC. The molecular weight excluding hydrogens is 1000 g/mol. The number of ether oxygens (including phenoxy) is 2. The lowest BCUT2D eigenvalue weighted by atomic mass is 10.0. The fourth-order valence-corrected chi connectivity index (χ4v) is 9.76. The van der Waals surface area contributed by atoms with Gasteiger partial charge in [0.15, 0.2) is 6.10 Å². The van der Waals surface area contributed by atoms with E-state index >= 15 is 0 Å². The minimum absolute atomic E-state index is 0.0709. The smallest absolute Gasteiger partial charge is 0.306 e. The van der Waals surface area contributed by atoms with Crippen molar-refractivity contribution in [1.29, 1.82) is 0 Å². The van der Waals surface area contributed by atoms with Gasteiger partial charge in [0.1, 0.15) is 6.61 Å². The maximum absolute atomic E-state index is 12.4. The van der Waals surface area contributed by atoms with E-state index in [1.165, 1.54) is 193 Å². The van der Waals surface area contributed by atoms with Crippen LogP contribution in [0.25, 0.3) is 0 Å². The highest BCUT2D eigenvalue weighted by Crippen LogP contribution is 2.17. The highest BCUT2D eigenvalue weighted by molar-refractivity contribution is 5.70. The van der Waals surface area contributed by atoms with Crippen molar-refractivity contribution in [3.8, 4) is 0 Å². The molecule has 0 heterocycles. The Kier molecular flexibility index (Phi) is 67.9. The van der Waals surface area contributed by atoms with E-state index in [2.05, 4.69) is 148 Å². The van der Waals surface area contributed by atoms with Crippen LogP contribution in [0.5, 0.6) is 0 Å². The van der Waals surface area contributed by atoms with Crippen LogP contribution in [0.1, 0.15) is 322 Å². The number of allylic oxidation sites excluding steroid dienone is 22. The van der Waals surface area contributed by atoms with Gasteiger partial charge in [-0.2, -0.15) is 0 Å². The van der Waals surface area contributed by atoms with Crippen molar-refractivity contribution in [3.05, 3.63) is 134 Å². The summed E-state index contributed by atoms with van der Waals surface area (Å²) in [4.78, 5) is 24.6. The lowest BCUT2D eigenvalue weighted by molar-refractivity contribution is -0.161. The zero-order valence-corrected chi connectivity index (χ0v) is 53.7. The third kappa shape index (κ3) is 68.5. The van der Waals surface area contributed by atoms with Gasteiger partial charge in [0.05, 0.1) is 6.61 Å². The summed E-state index contributed by atoms with van der Waals surface area (Å²) in [7, 11) is 0. The predicted molar refractivity (Wildman–Crippen MR) is 361 cm³/mol. The van der Waals surface area contributed by atoms with Gasteiger partial charge in [0.25, 0.3) is 0 Å². The van der Waals surface area contributed by atoms with Crippen LogP contribution in [-0.4, -0.2) is 36.4 Å². The molecule has 0 aliphatic rings. The van der Waals surface area contributed by atoms with Gasteiger partial charge >= 0.3 is 11.9 Å². The van der Waals surface area contributed by atoms with Crippen molar-refractivity contribution in [2.45, 2.75) is 328 Å². The molecule has 0 amide bonds. The van der Waals surface area contributed by atoms with E-state index in [1.807, 2.05) is 0 Å². The van der Waals surface area contributed by atoms with E-state index in [1.54, 1.807) is 0 Å². The predicted octanol–water partition coefficient (Wildman–Crippen LogP) is 24.3. The number of hydrogen-bond donors (Lipinski definition) is 1. The average Bonchev–Trinajstić information content (AvgIpc) is 3.49. The van der Waals surface area contributed by atoms with Crippen LogP contribution in [0.2, 0.25) is 0 Å². The molecule has 0 aromatic heterocycles. The lowest BCUT2D eigenvalue weighted by Crippen LogP contribution is -2.28. The second kappa shape index (κ2) is 71.3. The Labute approximate surface area is 508 Å². The number of carbonyl (C=O) groups excluding carboxylic acids is 2. The molecule has 0 saturated heterocycles. The van der Waals surface area contributed by atoms with E-state index in [4.69, 9.17) is 9.47 Å². The first-order valence-corrected chi connectivity index (χ1v) is 34.7. The first kappa shape index (κ1) is 78.0. The molecule has 468 valence electrons. The van der Waals surface area contributed by atoms with Gasteiger partial charge < -0.3 is 14.6 Å². The molecule has 5 heteroatoms. The van der Waals surface area contributed by atoms with E-state index in [0.29, 0.717) is 12.8 Å². The van der Waals surface area contributed by atoms with Crippen molar-refractivity contribution in [2.75, 3.05) is 13.2 Å². The second-order valence-electron chi connectivity index (χ2n) is 22.9. The fourth-order valence-electron chi connectivity index (χ4n) is 9.76. The Morgan fingerprint density at radius 2 is 0.524 bits per heavy atom. The second-order valence-corrected chi connectivity index (χ2v) is 22.9. The minimum atomic E-state index is -0.783. The van der Waals surface area contributed by atoms with Gasteiger partial charge in [0, 0.05) is 12.8 Å². The summed E-state index contributed by atoms with van der Waals surface area (Å²) in [5.41, 5.74) is 0. The van der Waals surface area contributed by atoms with Gasteiger partial charge in [-0.15, -0.1) is 0 Å². The molecule has 0 spiro atoms. The number of aliphatic hydroxyl groups is 1. The molecule has 0 aromatic carbocycles. The van der Waals surface area contributed by atoms with Crippen LogP contribution in [0, 0.1) is 0 Å². The summed E-state index contributed by atoms with van der Waals surface area (Å²) < 4.78 is 10.8. The molecule has 1 atom stereocenters. The van der Waals surface area contributed by atoms with Crippen molar-refractivity contribution < 1.29 is 24.2 Å². The van der Waals surface area contributed by atoms with E-state index in [-0.39, 0.29) is 25.2 Å². The monoisotopic (exact) mass is 1130 g/mol. The molecule has 0 fully saturated rings. The van der Waals surface area contributed by atoms with Gasteiger partial charge in [-0.1, -0.05) is 327 Å². The molecule has 1 N–H and O–H groups in total. The Bertz CT molecular complexity index is 1670. The van der Waals surface area contributed by atoms with Crippen LogP contribution in [-0.2, 0) is 19.1 Å². The Morgan fingerprint density at radius 3 is 0.805 bits per heavy atom. The van der Waals surface area contributed by atoms with Crippen molar-refractivity contribution >= 4 is 11.9 Å². The summed E-state index contributed by atoms with van der Waals surface area (Å²) in [5, 5.41) is 9.70. The summed E-state index contributed by atoms with van der Waals surface area (Å²) >= 11 is 0. The van der Waals surface area contributed by atoms with Crippen LogP contribution in [0.3, 0.4) is 0 Å². The van der Waals surface area contributed by atoms with Gasteiger partial charge in [-0.3, -0.25) is 9.59 Å². The number of unbranched alkanes of at least 4 members (excludes halogenated alkanes) is 33. The summed E-state index contributed by atoms with van der Waals surface area (Å²) in [6, 6.07) is 0. The molecule has 0 aromatic rings. The van der Waals surface area contributed by atoms with Crippen LogP contribution < -0.4 is 0 Å². The molecular formula is C77H130O5. The van der Waals surface area contributed by atoms with Gasteiger partial charge in [-0.05, 0) is 116 Å². The fraction of sp³-hybridized carbons (Fsp3) is 0.688. The number of carbonyl (C=O) groups is 2. The average molecular weight is 1140 g/mol. The molecule has 1 unspecified atom stereocenters. The van der Waals surface area contributed by atoms with Crippen LogP contribution >= 0.6 is 0 Å². The highest BCUT2D eigenvalue weighted by Gasteiger charge is 2.16. The van der Waals surface area contributed by atoms with E-state index in [0.717, 1.165) is 103 Å². The third-order valence-corrected chi connectivity index (χ3v) is 14.9. The Hall–Kier alpha value is -3.96.